The molecule has 4 heteroatoms. The number of aliphatic hydroxyl groups is 1. The SMILES string of the molecule is CCC(N)C(c1ccc(C)s1)N1CCCC(C)(O)CC1. The van der Waals surface area contributed by atoms with Crippen molar-refractivity contribution in [2.24, 2.45) is 5.73 Å². The van der Waals surface area contributed by atoms with E-state index in [9.17, 15) is 5.11 Å². The number of likely N-dealkylation sites (tertiary alicyclic amines) is 1. The minimum absolute atomic E-state index is 0.163. The van der Waals surface area contributed by atoms with Gasteiger partial charge in [-0.05, 0) is 58.2 Å². The molecule has 2 heterocycles. The predicted octanol–water partition coefficient (Wildman–Crippen LogP) is 3.07. The van der Waals surface area contributed by atoms with Crippen LogP contribution in [0.4, 0.5) is 0 Å². The van der Waals surface area contributed by atoms with E-state index >= 15 is 0 Å². The topological polar surface area (TPSA) is 49.5 Å². The normalized spacial score (nSPS) is 28.1. The van der Waals surface area contributed by atoms with Gasteiger partial charge in [-0.1, -0.05) is 6.92 Å². The van der Waals surface area contributed by atoms with Gasteiger partial charge in [-0.3, -0.25) is 4.90 Å². The average molecular weight is 296 g/mol. The molecule has 3 atom stereocenters. The van der Waals surface area contributed by atoms with Crippen LogP contribution in [-0.2, 0) is 0 Å². The zero-order valence-electron chi connectivity index (χ0n) is 12.9. The van der Waals surface area contributed by atoms with E-state index in [1.807, 2.05) is 18.3 Å². The Balaban J connectivity index is 2.18. The van der Waals surface area contributed by atoms with Crippen LogP contribution < -0.4 is 5.73 Å². The highest BCUT2D eigenvalue weighted by molar-refractivity contribution is 7.12. The Bertz CT molecular complexity index is 430. The van der Waals surface area contributed by atoms with Crippen LogP contribution in [0.15, 0.2) is 12.1 Å². The number of hydrogen-bond acceptors (Lipinski definition) is 4. The van der Waals surface area contributed by atoms with Crippen LogP contribution in [0.25, 0.3) is 0 Å². The fourth-order valence-electron chi connectivity index (χ4n) is 3.06. The molecule has 0 radical (unpaired) electrons. The van der Waals surface area contributed by atoms with Gasteiger partial charge in [0.05, 0.1) is 11.6 Å². The van der Waals surface area contributed by atoms with Crippen LogP contribution >= 0.6 is 11.3 Å². The van der Waals surface area contributed by atoms with Gasteiger partial charge in [-0.15, -0.1) is 11.3 Å². The van der Waals surface area contributed by atoms with Crippen molar-refractivity contribution in [1.82, 2.24) is 4.90 Å². The standard InChI is InChI=1S/C16H28N2OS/c1-4-13(17)15(14-7-6-12(2)20-14)18-10-5-8-16(3,19)9-11-18/h6-7,13,15,19H,4-5,8-11,17H2,1-3H3. The van der Waals surface area contributed by atoms with Gasteiger partial charge in [-0.25, -0.2) is 0 Å². The highest BCUT2D eigenvalue weighted by atomic mass is 32.1. The molecule has 114 valence electrons. The van der Waals surface area contributed by atoms with E-state index < -0.39 is 5.60 Å². The zero-order chi connectivity index (χ0) is 14.8. The summed E-state index contributed by atoms with van der Waals surface area (Å²) in [5.41, 5.74) is 5.90. The van der Waals surface area contributed by atoms with Crippen molar-refractivity contribution >= 4 is 11.3 Å². The van der Waals surface area contributed by atoms with Crippen LogP contribution in [0.5, 0.6) is 0 Å². The van der Waals surface area contributed by atoms with Crippen molar-refractivity contribution < 1.29 is 5.11 Å². The summed E-state index contributed by atoms with van der Waals surface area (Å²) in [6, 6.07) is 4.87. The van der Waals surface area contributed by atoms with Crippen molar-refractivity contribution in [1.29, 1.82) is 0 Å². The molecule has 0 aliphatic carbocycles. The van der Waals surface area contributed by atoms with Gasteiger partial charge < -0.3 is 10.8 Å². The van der Waals surface area contributed by atoms with Crippen LogP contribution in [0.1, 0.15) is 55.3 Å². The van der Waals surface area contributed by atoms with E-state index in [1.165, 1.54) is 9.75 Å². The lowest BCUT2D eigenvalue weighted by molar-refractivity contribution is 0.0423. The number of nitrogens with two attached hydrogens (primary N) is 1. The van der Waals surface area contributed by atoms with Crippen LogP contribution in [0, 0.1) is 6.92 Å². The van der Waals surface area contributed by atoms with E-state index in [2.05, 4.69) is 30.9 Å². The van der Waals surface area contributed by atoms with Crippen molar-refractivity contribution in [3.05, 3.63) is 21.9 Å². The third-order valence-corrected chi connectivity index (χ3v) is 5.49. The van der Waals surface area contributed by atoms with Gasteiger partial charge >= 0.3 is 0 Å². The molecular weight excluding hydrogens is 268 g/mol. The van der Waals surface area contributed by atoms with Crippen LogP contribution in [0.2, 0.25) is 0 Å². The molecule has 2 rings (SSSR count). The van der Waals surface area contributed by atoms with Crippen molar-refractivity contribution in [3.8, 4) is 0 Å². The summed E-state index contributed by atoms with van der Waals surface area (Å²) >= 11 is 1.86. The van der Waals surface area contributed by atoms with Crippen molar-refractivity contribution in [2.75, 3.05) is 13.1 Å². The quantitative estimate of drug-likeness (QED) is 0.898. The minimum Gasteiger partial charge on any atom is -0.390 e. The molecule has 1 aliphatic rings. The fraction of sp³-hybridized carbons (Fsp3) is 0.750. The molecule has 0 saturated carbocycles. The van der Waals surface area contributed by atoms with E-state index in [1.54, 1.807) is 0 Å². The van der Waals surface area contributed by atoms with E-state index in [0.29, 0.717) is 6.04 Å². The summed E-state index contributed by atoms with van der Waals surface area (Å²) < 4.78 is 0. The lowest BCUT2D eigenvalue weighted by Crippen LogP contribution is -2.41. The third kappa shape index (κ3) is 3.82. The first kappa shape index (κ1) is 16.0. The second kappa shape index (κ2) is 6.56. The molecule has 1 aromatic rings. The second-order valence-electron chi connectivity index (χ2n) is 6.35. The van der Waals surface area contributed by atoms with Gasteiger partial charge in [0.15, 0.2) is 0 Å². The molecule has 0 spiro atoms. The van der Waals surface area contributed by atoms with Crippen LogP contribution in [0.3, 0.4) is 0 Å². The van der Waals surface area contributed by atoms with Gasteiger partial charge in [0.1, 0.15) is 0 Å². The molecule has 1 aromatic heterocycles. The Labute approximate surface area is 126 Å². The Morgan fingerprint density at radius 3 is 2.75 bits per heavy atom. The largest absolute Gasteiger partial charge is 0.390 e. The maximum Gasteiger partial charge on any atom is 0.0632 e. The molecule has 3 nitrogen and oxygen atoms in total. The number of rotatable bonds is 4. The zero-order valence-corrected chi connectivity index (χ0v) is 13.7. The van der Waals surface area contributed by atoms with Gasteiger partial charge in [-0.2, -0.15) is 0 Å². The Kier molecular flexibility index (Phi) is 5.24. The Morgan fingerprint density at radius 1 is 1.40 bits per heavy atom. The maximum absolute atomic E-state index is 10.3. The predicted molar refractivity (Wildman–Crippen MR) is 86.1 cm³/mol. The molecule has 20 heavy (non-hydrogen) atoms. The number of aryl methyl sites for hydroxylation is 1. The first-order valence-electron chi connectivity index (χ1n) is 7.71. The summed E-state index contributed by atoms with van der Waals surface area (Å²) in [5, 5.41) is 10.3. The third-order valence-electron chi connectivity index (χ3n) is 4.42. The fourth-order valence-corrected chi connectivity index (χ4v) is 4.15. The van der Waals surface area contributed by atoms with Gasteiger partial charge in [0.25, 0.3) is 0 Å². The van der Waals surface area contributed by atoms with Crippen LogP contribution in [-0.4, -0.2) is 34.7 Å². The summed E-state index contributed by atoms with van der Waals surface area (Å²) in [5.74, 6) is 0. The van der Waals surface area contributed by atoms with Crippen molar-refractivity contribution in [2.45, 2.75) is 64.1 Å². The minimum atomic E-state index is -0.513. The molecule has 0 aromatic carbocycles. The molecule has 1 aliphatic heterocycles. The molecule has 1 saturated heterocycles. The molecular formula is C16H28N2OS. The molecule has 3 unspecified atom stereocenters. The summed E-state index contributed by atoms with van der Waals surface area (Å²) in [6.45, 7) is 8.23. The number of nitrogens with zero attached hydrogens (tertiary/aromatic N) is 1. The smallest absolute Gasteiger partial charge is 0.0632 e. The number of thiophene rings is 1. The average Bonchev–Trinajstić information content (AvgIpc) is 2.73. The summed E-state index contributed by atoms with van der Waals surface area (Å²) in [4.78, 5) is 5.20. The summed E-state index contributed by atoms with van der Waals surface area (Å²) in [6.07, 6.45) is 3.75. The van der Waals surface area contributed by atoms with E-state index in [0.717, 1.165) is 38.8 Å². The van der Waals surface area contributed by atoms with Crippen molar-refractivity contribution in [3.63, 3.8) is 0 Å². The second-order valence-corrected chi connectivity index (χ2v) is 7.67. The highest BCUT2D eigenvalue weighted by Gasteiger charge is 2.31. The maximum atomic E-state index is 10.3. The number of hydrogen-bond donors (Lipinski definition) is 2. The lowest BCUT2D eigenvalue weighted by Gasteiger charge is -2.34. The lowest BCUT2D eigenvalue weighted by atomic mass is 9.98. The Morgan fingerprint density at radius 2 is 2.15 bits per heavy atom. The van der Waals surface area contributed by atoms with E-state index in [4.69, 9.17) is 5.73 Å². The first-order valence-corrected chi connectivity index (χ1v) is 8.53. The molecule has 0 bridgehead atoms. The first-order chi connectivity index (χ1) is 9.43. The van der Waals surface area contributed by atoms with E-state index in [-0.39, 0.29) is 6.04 Å². The van der Waals surface area contributed by atoms with Gasteiger partial charge in [0, 0.05) is 22.3 Å². The monoisotopic (exact) mass is 296 g/mol. The molecule has 0 amide bonds. The Hall–Kier alpha value is -0.420. The molecule has 3 N–H and O–H groups in total. The summed E-state index contributed by atoms with van der Waals surface area (Å²) in [7, 11) is 0. The van der Waals surface area contributed by atoms with Gasteiger partial charge in [0.2, 0.25) is 0 Å². The highest BCUT2D eigenvalue weighted by Crippen LogP contribution is 2.33. The molecule has 1 fully saturated rings.